The summed E-state index contributed by atoms with van der Waals surface area (Å²) in [6.07, 6.45) is 4.18. The van der Waals surface area contributed by atoms with Crippen molar-refractivity contribution in [1.29, 1.82) is 0 Å². The van der Waals surface area contributed by atoms with E-state index in [1.54, 1.807) is 55.4 Å². The van der Waals surface area contributed by atoms with Crippen LogP contribution < -0.4 is 0 Å². The fourth-order valence-electron chi connectivity index (χ4n) is 6.25. The van der Waals surface area contributed by atoms with Crippen molar-refractivity contribution in [3.05, 3.63) is 0 Å². The van der Waals surface area contributed by atoms with Crippen molar-refractivity contribution in [2.45, 2.75) is 152 Å². The summed E-state index contributed by atoms with van der Waals surface area (Å²) in [5.74, 6) is -4.20. The third-order valence-electron chi connectivity index (χ3n) is 9.65. The molecule has 4 aliphatic rings. The zero-order valence-corrected chi connectivity index (χ0v) is 40.4. The summed E-state index contributed by atoms with van der Waals surface area (Å²) in [6.45, 7) is 13.8. The number of carbonyl (C=O) groups is 4. The van der Waals surface area contributed by atoms with Crippen molar-refractivity contribution >= 4 is 64.0 Å². The van der Waals surface area contributed by atoms with Gasteiger partial charge in [0, 0.05) is 65.1 Å². The first-order valence-corrected chi connectivity index (χ1v) is 24.4. The van der Waals surface area contributed by atoms with E-state index < -0.39 is 109 Å². The minimum absolute atomic E-state index is 0. The SMILES string of the molecule is CC(C)S(=O)(=O)N1CCCC1C(=O)O.CC(C)S(=O)(=O)N1CCCC1C(=O)O.CC(C)S(=O)(=O)N1CCCC1C(=O)O.CC(C)S(=O)(=O)N1CCCC1C(=O)O.[Rh].[Rh]. The predicted molar refractivity (Wildman–Crippen MR) is 206 cm³/mol. The van der Waals surface area contributed by atoms with Crippen LogP contribution in [-0.4, -0.2) is 167 Å². The fraction of sp³-hybridized carbons (Fsp3) is 0.875. The number of hydrogen-bond acceptors (Lipinski definition) is 12. The van der Waals surface area contributed by atoms with E-state index in [0.717, 1.165) is 17.2 Å². The zero-order chi connectivity index (χ0) is 43.7. The van der Waals surface area contributed by atoms with Gasteiger partial charge in [-0.2, -0.15) is 17.2 Å². The second-order valence-electron chi connectivity index (χ2n) is 14.8. The van der Waals surface area contributed by atoms with Gasteiger partial charge in [0.1, 0.15) is 24.2 Å². The topological polar surface area (TPSA) is 299 Å². The molecule has 0 aromatic rings. The molecule has 2 radical (unpaired) electrons. The van der Waals surface area contributed by atoms with Crippen molar-refractivity contribution in [2.24, 2.45) is 0 Å². The largest absolute Gasteiger partial charge is 0.480 e. The van der Waals surface area contributed by atoms with E-state index in [0.29, 0.717) is 77.5 Å². The van der Waals surface area contributed by atoms with E-state index >= 15 is 0 Å². The van der Waals surface area contributed by atoms with E-state index in [2.05, 4.69) is 0 Å². The van der Waals surface area contributed by atoms with Crippen molar-refractivity contribution in [3.63, 3.8) is 0 Å². The average molecular weight is 1090 g/mol. The van der Waals surface area contributed by atoms with E-state index in [-0.39, 0.29) is 39.0 Å². The van der Waals surface area contributed by atoms with Gasteiger partial charge < -0.3 is 20.4 Å². The third kappa shape index (κ3) is 15.0. The van der Waals surface area contributed by atoms with Crippen LogP contribution in [0.25, 0.3) is 0 Å². The Morgan fingerprint density at radius 3 is 0.621 bits per heavy atom. The Hall–Kier alpha value is -1.23. The first-order valence-electron chi connectivity index (χ1n) is 18.4. The molecule has 26 heteroatoms. The maximum atomic E-state index is 11.7. The van der Waals surface area contributed by atoms with Crippen LogP contribution in [0.3, 0.4) is 0 Å². The first-order chi connectivity index (χ1) is 25.5. The van der Waals surface area contributed by atoms with E-state index in [4.69, 9.17) is 20.4 Å². The molecule has 0 saturated carbocycles. The summed E-state index contributed by atoms with van der Waals surface area (Å²) in [6, 6.07) is -3.44. The minimum Gasteiger partial charge on any atom is -0.480 e. The van der Waals surface area contributed by atoms with Gasteiger partial charge in [-0.25, -0.2) is 33.7 Å². The second kappa shape index (κ2) is 24.4. The quantitative estimate of drug-likeness (QED) is 0.199. The molecule has 0 aromatic heterocycles. The maximum Gasteiger partial charge on any atom is 0.322 e. The summed E-state index contributed by atoms with van der Waals surface area (Å²) in [4.78, 5) is 43.1. The molecule has 4 saturated heterocycles. The number of aliphatic carboxylic acids is 4. The minimum atomic E-state index is -3.42. The van der Waals surface area contributed by atoms with Gasteiger partial charge in [0.2, 0.25) is 40.1 Å². The van der Waals surface area contributed by atoms with Gasteiger partial charge in [0.15, 0.2) is 0 Å². The van der Waals surface area contributed by atoms with Crippen LogP contribution in [0.2, 0.25) is 0 Å². The molecule has 4 unspecified atom stereocenters. The van der Waals surface area contributed by atoms with Crippen molar-refractivity contribution < 1.29 is 112 Å². The van der Waals surface area contributed by atoms with Crippen molar-refractivity contribution in [1.82, 2.24) is 17.2 Å². The van der Waals surface area contributed by atoms with Crippen LogP contribution in [0.1, 0.15) is 107 Å². The van der Waals surface area contributed by atoms with Crippen LogP contribution in [0.5, 0.6) is 0 Å². The van der Waals surface area contributed by atoms with Gasteiger partial charge >= 0.3 is 23.9 Å². The van der Waals surface area contributed by atoms with E-state index in [1.165, 1.54) is 0 Å². The van der Waals surface area contributed by atoms with Crippen LogP contribution in [0.15, 0.2) is 0 Å². The van der Waals surface area contributed by atoms with E-state index in [1.807, 2.05) is 0 Å². The van der Waals surface area contributed by atoms with Crippen molar-refractivity contribution in [2.75, 3.05) is 26.2 Å². The molecule has 4 aliphatic heterocycles. The van der Waals surface area contributed by atoms with Gasteiger partial charge in [-0.3, -0.25) is 19.2 Å². The Kier molecular flexibility index (Phi) is 24.8. The molecule has 0 bridgehead atoms. The molecule has 4 rings (SSSR count). The number of nitrogens with zero attached hydrogens (tertiary/aromatic N) is 4. The summed E-state index contributed by atoms with van der Waals surface area (Å²) >= 11 is 0. The average Bonchev–Trinajstić information content (AvgIpc) is 3.91. The molecule has 20 nitrogen and oxygen atoms in total. The Morgan fingerprint density at radius 1 is 0.379 bits per heavy atom. The molecule has 0 amide bonds. The van der Waals surface area contributed by atoms with E-state index in [9.17, 15) is 52.8 Å². The second-order valence-corrected chi connectivity index (χ2v) is 24.6. The zero-order valence-electron chi connectivity index (χ0n) is 33.9. The van der Waals surface area contributed by atoms with Crippen LogP contribution >= 0.6 is 0 Å². The van der Waals surface area contributed by atoms with Gasteiger partial charge in [-0.05, 0) is 107 Å². The molecule has 4 fully saturated rings. The Bertz CT molecular complexity index is 1570. The first kappa shape index (κ1) is 58.9. The molecular formula is C32H60N4O16Rh2S4. The molecule has 4 N–H and O–H groups in total. The third-order valence-corrected chi connectivity index (χ3v) is 18.8. The molecule has 0 spiro atoms. The maximum absolute atomic E-state index is 11.7. The number of rotatable bonds is 12. The smallest absolute Gasteiger partial charge is 0.322 e. The van der Waals surface area contributed by atoms with Crippen LogP contribution in [0.4, 0.5) is 0 Å². The Balaban J connectivity index is 0. The molecule has 0 aromatic carbocycles. The molecule has 4 atom stereocenters. The van der Waals surface area contributed by atoms with Gasteiger partial charge in [0.05, 0.1) is 21.0 Å². The number of sulfonamides is 4. The van der Waals surface area contributed by atoms with Gasteiger partial charge in [-0.15, -0.1) is 0 Å². The van der Waals surface area contributed by atoms with Gasteiger partial charge in [0.25, 0.3) is 0 Å². The standard InChI is InChI=1S/4C8H15NO4S.2Rh/c4*1-6(2)14(12,13)9-5-3-4-7(9)8(10)11;;/h4*6-7H,3-5H2,1-2H3,(H,10,11);;. The summed E-state index contributed by atoms with van der Waals surface area (Å²) in [5, 5.41) is 33.1. The number of carboxylic acid groups (broad SMARTS) is 4. The Labute approximate surface area is 369 Å². The molecule has 58 heavy (non-hydrogen) atoms. The molecule has 4 heterocycles. The Morgan fingerprint density at radius 2 is 0.517 bits per heavy atom. The predicted octanol–water partition coefficient (Wildman–Crippen LogP) is 1.09. The normalized spacial score (nSPS) is 23.5. The summed E-state index contributed by atoms with van der Waals surface area (Å²) < 4.78 is 98.1. The summed E-state index contributed by atoms with van der Waals surface area (Å²) in [5.41, 5.74) is 0. The molecule has 346 valence electrons. The van der Waals surface area contributed by atoms with Gasteiger partial charge in [-0.1, -0.05) is 0 Å². The van der Waals surface area contributed by atoms with Crippen molar-refractivity contribution in [3.8, 4) is 0 Å². The van der Waals surface area contributed by atoms with Crippen LogP contribution in [-0.2, 0) is 98.2 Å². The monoisotopic (exact) mass is 1090 g/mol. The molecular weight excluding hydrogens is 1030 g/mol. The number of hydrogen-bond donors (Lipinski definition) is 4. The summed E-state index contributed by atoms with van der Waals surface area (Å²) in [7, 11) is -13.7. The van der Waals surface area contributed by atoms with Crippen LogP contribution in [0, 0.1) is 0 Å². The number of carboxylic acids is 4. The molecule has 0 aliphatic carbocycles. The fourth-order valence-corrected chi connectivity index (χ4v) is 12.2.